The summed E-state index contributed by atoms with van der Waals surface area (Å²) in [7, 11) is 0. The highest BCUT2D eigenvalue weighted by Crippen LogP contribution is 2.28. The second-order valence-corrected chi connectivity index (χ2v) is 9.57. The van der Waals surface area contributed by atoms with Crippen LogP contribution in [0, 0.1) is 0 Å². The Morgan fingerprint density at radius 1 is 0.789 bits per heavy atom. The minimum Gasteiger partial charge on any atom is -0.543 e. The van der Waals surface area contributed by atoms with Crippen LogP contribution in [0.4, 0.5) is 10.8 Å². The molecule has 0 unspecified atom stereocenters. The average molecular weight is 536 g/mol. The van der Waals surface area contributed by atoms with E-state index in [0.717, 1.165) is 38.2 Å². The van der Waals surface area contributed by atoms with Crippen molar-refractivity contribution in [1.82, 2.24) is 4.98 Å². The van der Waals surface area contributed by atoms with Crippen molar-refractivity contribution in [3.63, 3.8) is 0 Å². The summed E-state index contributed by atoms with van der Waals surface area (Å²) in [6, 6.07) is 39.0. The molecule has 4 aromatic carbocycles. The van der Waals surface area contributed by atoms with Gasteiger partial charge in [0.1, 0.15) is 11.4 Å². The molecule has 5 nitrogen and oxygen atoms in total. The number of hydrogen-bond donors (Lipinski definition) is 1. The van der Waals surface area contributed by atoms with Crippen molar-refractivity contribution in [3.8, 4) is 16.9 Å². The highest BCUT2D eigenvalue weighted by molar-refractivity contribution is 7.13. The lowest BCUT2D eigenvalue weighted by atomic mass is 10.1. The first-order valence-corrected chi connectivity index (χ1v) is 13.1. The molecule has 0 aliphatic heterocycles. The van der Waals surface area contributed by atoms with E-state index in [9.17, 15) is 9.90 Å². The Bertz CT molecular complexity index is 1670. The van der Waals surface area contributed by atoms with E-state index in [1.54, 1.807) is 23.5 Å². The van der Waals surface area contributed by atoms with Gasteiger partial charge in [0.2, 0.25) is 0 Å². The van der Waals surface area contributed by atoms with Gasteiger partial charge in [0, 0.05) is 21.4 Å². The predicted molar refractivity (Wildman–Crippen MR) is 152 cm³/mol. The number of hydrogen-bond acceptors (Lipinski definition) is 5. The Morgan fingerprint density at radius 3 is 2.16 bits per heavy atom. The maximum Gasteiger partial charge on any atom is 0.344 e. The van der Waals surface area contributed by atoms with Crippen molar-refractivity contribution < 1.29 is 14.5 Å². The van der Waals surface area contributed by atoms with Crippen LogP contribution in [0.1, 0.15) is 10.5 Å². The number of benzene rings is 4. The van der Waals surface area contributed by atoms with Gasteiger partial charge in [0.25, 0.3) is 0 Å². The Morgan fingerprint density at radius 2 is 1.45 bits per heavy atom. The molecule has 6 aromatic rings. The van der Waals surface area contributed by atoms with Gasteiger partial charge >= 0.3 is 5.13 Å². The molecular weight excluding hydrogens is 514 g/mol. The largest absolute Gasteiger partial charge is 0.543 e. The van der Waals surface area contributed by atoms with Gasteiger partial charge in [-0.2, -0.15) is 4.57 Å². The van der Waals surface area contributed by atoms with Gasteiger partial charge in [-0.05, 0) is 60.7 Å². The minimum atomic E-state index is -1.24. The SMILES string of the molecule is Clc1ccc(-c2csc(Nc3ccccc3)[n+]2-c2ccccc2)cc1.O=C([O-])c1ccc2ccccc2n1. The molecule has 38 heavy (non-hydrogen) atoms. The summed E-state index contributed by atoms with van der Waals surface area (Å²) >= 11 is 7.74. The normalized spacial score (nSPS) is 10.4. The standard InChI is InChI=1S/C21H15ClN2S.C10H7NO2/c22-17-13-11-16(12-14-17)20-15-25-21(23-18-7-3-1-4-8-18)24(20)19-9-5-2-6-10-19;12-10(13)9-6-5-7-3-1-2-4-8(7)11-9/h1-15H;1-6H,(H,12,13). The topological polar surface area (TPSA) is 68.9 Å². The van der Waals surface area contributed by atoms with Gasteiger partial charge in [0.05, 0.1) is 17.2 Å². The number of rotatable bonds is 5. The van der Waals surface area contributed by atoms with Crippen molar-refractivity contribution in [3.05, 3.63) is 137 Å². The summed E-state index contributed by atoms with van der Waals surface area (Å²) in [5.74, 6) is -1.24. The number of carbonyl (C=O) groups is 1. The number of thiazole rings is 1. The molecule has 0 saturated carbocycles. The zero-order valence-electron chi connectivity index (χ0n) is 20.1. The molecule has 0 radical (unpaired) electrons. The van der Waals surface area contributed by atoms with Gasteiger partial charge in [-0.3, -0.25) is 0 Å². The Hall–Kier alpha value is -4.52. The number of nitrogens with one attached hydrogen (secondary N) is 1. The number of aromatic carboxylic acids is 1. The highest BCUT2D eigenvalue weighted by atomic mass is 35.5. The molecular formula is C31H22ClN3O2S. The third kappa shape index (κ3) is 5.89. The number of pyridine rings is 1. The summed E-state index contributed by atoms with van der Waals surface area (Å²) < 4.78 is 2.24. The first kappa shape index (κ1) is 25.1. The van der Waals surface area contributed by atoms with Crippen LogP contribution in [0.3, 0.4) is 0 Å². The number of anilines is 2. The molecule has 1 N–H and O–H groups in total. The van der Waals surface area contributed by atoms with E-state index in [4.69, 9.17) is 11.6 Å². The molecule has 2 aromatic heterocycles. The minimum absolute atomic E-state index is 0.0290. The molecule has 0 atom stereocenters. The molecule has 7 heteroatoms. The van der Waals surface area contributed by atoms with E-state index >= 15 is 0 Å². The van der Waals surface area contributed by atoms with E-state index in [1.165, 1.54) is 6.07 Å². The van der Waals surface area contributed by atoms with Crippen LogP contribution >= 0.6 is 22.9 Å². The van der Waals surface area contributed by atoms with Crippen molar-refractivity contribution in [2.45, 2.75) is 0 Å². The quantitative estimate of drug-likeness (QED) is 0.250. The maximum absolute atomic E-state index is 10.5. The first-order chi connectivity index (χ1) is 18.6. The van der Waals surface area contributed by atoms with E-state index in [2.05, 4.69) is 68.8 Å². The molecule has 186 valence electrons. The number of carbonyl (C=O) groups excluding carboxylic acids is 1. The van der Waals surface area contributed by atoms with E-state index in [-0.39, 0.29) is 5.69 Å². The zero-order chi connectivity index (χ0) is 26.3. The summed E-state index contributed by atoms with van der Waals surface area (Å²) in [4.78, 5) is 14.4. The number of aromatic nitrogens is 2. The number of para-hydroxylation sites is 3. The lowest BCUT2D eigenvalue weighted by molar-refractivity contribution is -0.563. The van der Waals surface area contributed by atoms with E-state index in [0.29, 0.717) is 5.52 Å². The fourth-order valence-corrected chi connectivity index (χ4v) is 4.96. The lowest BCUT2D eigenvalue weighted by Gasteiger charge is -2.06. The number of fused-ring (bicyclic) bond motifs is 1. The van der Waals surface area contributed by atoms with Crippen LogP contribution in [0.15, 0.2) is 127 Å². The Kier molecular flexibility index (Phi) is 7.73. The van der Waals surface area contributed by atoms with Crippen LogP contribution in [-0.4, -0.2) is 11.0 Å². The first-order valence-electron chi connectivity index (χ1n) is 11.8. The summed E-state index contributed by atoms with van der Waals surface area (Å²) in [5, 5.41) is 18.9. The fraction of sp³-hybridized carbons (Fsp3) is 0. The highest BCUT2D eigenvalue weighted by Gasteiger charge is 2.21. The maximum atomic E-state index is 10.5. The summed E-state index contributed by atoms with van der Waals surface area (Å²) in [6.45, 7) is 0. The predicted octanol–water partition coefficient (Wildman–Crippen LogP) is 6.69. The van der Waals surface area contributed by atoms with Crippen LogP contribution in [-0.2, 0) is 0 Å². The molecule has 0 fully saturated rings. The molecule has 0 aliphatic rings. The van der Waals surface area contributed by atoms with Crippen molar-refractivity contribution in [2.75, 3.05) is 5.32 Å². The number of carboxylic acids is 1. The van der Waals surface area contributed by atoms with Crippen LogP contribution in [0.5, 0.6) is 0 Å². The monoisotopic (exact) mass is 535 g/mol. The van der Waals surface area contributed by atoms with Gasteiger partial charge in [-0.1, -0.05) is 83.6 Å². The number of halogens is 1. The van der Waals surface area contributed by atoms with Crippen molar-refractivity contribution >= 4 is 50.6 Å². The number of nitrogens with zero attached hydrogens (tertiary/aromatic N) is 2. The summed E-state index contributed by atoms with van der Waals surface area (Å²) in [5.41, 5.74) is 5.09. The molecule has 0 bridgehead atoms. The summed E-state index contributed by atoms with van der Waals surface area (Å²) in [6.07, 6.45) is 0. The smallest absolute Gasteiger partial charge is 0.344 e. The van der Waals surface area contributed by atoms with Gasteiger partial charge in [-0.25, -0.2) is 10.3 Å². The van der Waals surface area contributed by atoms with Crippen LogP contribution < -0.4 is 15.0 Å². The second-order valence-electron chi connectivity index (χ2n) is 8.27. The molecule has 0 aliphatic carbocycles. The lowest BCUT2D eigenvalue weighted by Crippen LogP contribution is -2.33. The van der Waals surface area contributed by atoms with Crippen LogP contribution in [0.2, 0.25) is 5.02 Å². The molecule has 0 spiro atoms. The fourth-order valence-electron chi connectivity index (χ4n) is 3.89. The Labute approximate surface area is 229 Å². The average Bonchev–Trinajstić information content (AvgIpc) is 3.38. The molecule has 0 amide bonds. The third-order valence-corrected chi connectivity index (χ3v) is 6.81. The van der Waals surface area contributed by atoms with Gasteiger partial charge in [0.15, 0.2) is 5.69 Å². The van der Waals surface area contributed by atoms with Gasteiger partial charge < -0.3 is 9.90 Å². The van der Waals surface area contributed by atoms with E-state index in [1.807, 2.05) is 54.6 Å². The third-order valence-electron chi connectivity index (χ3n) is 5.71. The molecule has 2 heterocycles. The van der Waals surface area contributed by atoms with Crippen molar-refractivity contribution in [1.29, 1.82) is 0 Å². The van der Waals surface area contributed by atoms with E-state index < -0.39 is 5.97 Å². The zero-order valence-corrected chi connectivity index (χ0v) is 21.7. The molecule has 6 rings (SSSR count). The van der Waals surface area contributed by atoms with Crippen LogP contribution in [0.25, 0.3) is 27.8 Å². The molecule has 0 saturated heterocycles. The number of carboxylic acid groups (broad SMARTS) is 1. The van der Waals surface area contributed by atoms with Gasteiger partial charge in [-0.15, -0.1) is 0 Å². The Balaban J connectivity index is 0.000000190. The second kappa shape index (κ2) is 11.7. The van der Waals surface area contributed by atoms with Crippen molar-refractivity contribution in [2.24, 2.45) is 0 Å².